The van der Waals surface area contributed by atoms with Crippen molar-refractivity contribution in [3.63, 3.8) is 0 Å². The van der Waals surface area contributed by atoms with Gasteiger partial charge in [0, 0.05) is 44.8 Å². The van der Waals surface area contributed by atoms with E-state index in [4.69, 9.17) is 4.74 Å². The summed E-state index contributed by atoms with van der Waals surface area (Å²) in [6.07, 6.45) is 0. The van der Waals surface area contributed by atoms with Gasteiger partial charge < -0.3 is 20.1 Å². The lowest BCUT2D eigenvalue weighted by atomic mass is 10.0. The Balaban J connectivity index is 0.00000420. The number of hydrogen-bond acceptors (Lipinski definition) is 4. The molecule has 0 bridgehead atoms. The summed E-state index contributed by atoms with van der Waals surface area (Å²) in [5.41, 5.74) is 0.0272. The van der Waals surface area contributed by atoms with Gasteiger partial charge in [-0.15, -0.1) is 24.0 Å². The maximum absolute atomic E-state index is 14.1. The highest BCUT2D eigenvalue weighted by Crippen LogP contribution is 2.23. The molecule has 29 heavy (non-hydrogen) atoms. The molecule has 0 aliphatic carbocycles. The van der Waals surface area contributed by atoms with Crippen molar-refractivity contribution in [3.8, 4) is 5.75 Å². The summed E-state index contributed by atoms with van der Waals surface area (Å²) in [7, 11) is 1.60. The van der Waals surface area contributed by atoms with Crippen molar-refractivity contribution in [1.82, 2.24) is 15.5 Å². The van der Waals surface area contributed by atoms with E-state index in [1.54, 1.807) is 7.05 Å². The van der Waals surface area contributed by atoms with Crippen molar-refractivity contribution in [2.45, 2.75) is 33.0 Å². The summed E-state index contributed by atoms with van der Waals surface area (Å²) in [6, 6.07) is 4.14. The van der Waals surface area contributed by atoms with Crippen LogP contribution in [0.3, 0.4) is 0 Å². The van der Waals surface area contributed by atoms with Crippen molar-refractivity contribution in [2.75, 3.05) is 39.9 Å². The van der Waals surface area contributed by atoms with E-state index in [9.17, 15) is 13.2 Å². The Hall–Kier alpha value is -1.27. The van der Waals surface area contributed by atoms with E-state index in [0.29, 0.717) is 18.4 Å². The van der Waals surface area contributed by atoms with Gasteiger partial charge >= 0.3 is 6.61 Å². The van der Waals surface area contributed by atoms with Crippen molar-refractivity contribution in [2.24, 2.45) is 10.9 Å². The van der Waals surface area contributed by atoms with Crippen LogP contribution in [0, 0.1) is 11.7 Å². The van der Waals surface area contributed by atoms with Gasteiger partial charge in [-0.3, -0.25) is 9.89 Å². The fourth-order valence-corrected chi connectivity index (χ4v) is 3.21. The standard InChI is InChI=1S/C19H29F3N4O2.HI/c1-13(2)16(26-7-9-27-10-8-26)12-25-19(23-3)24-11-14-15(20)5-4-6-17(14)28-18(21)22;/h4-6,13,16,18H,7-12H2,1-3H3,(H2,23,24,25);1H. The van der Waals surface area contributed by atoms with Crippen LogP contribution in [-0.2, 0) is 11.3 Å². The summed E-state index contributed by atoms with van der Waals surface area (Å²) in [4.78, 5) is 6.51. The molecular formula is C19H30F3IN4O2. The molecule has 0 spiro atoms. The molecular weight excluding hydrogens is 500 g/mol. The molecule has 0 aromatic heterocycles. The van der Waals surface area contributed by atoms with Crippen molar-refractivity contribution in [1.29, 1.82) is 0 Å². The minimum absolute atomic E-state index is 0. The van der Waals surface area contributed by atoms with Gasteiger partial charge in [-0.2, -0.15) is 8.78 Å². The van der Waals surface area contributed by atoms with Crippen LogP contribution < -0.4 is 15.4 Å². The molecule has 166 valence electrons. The lowest BCUT2D eigenvalue weighted by Gasteiger charge is -2.37. The lowest BCUT2D eigenvalue weighted by molar-refractivity contribution is -0.0506. The number of nitrogens with zero attached hydrogens (tertiary/aromatic N) is 2. The number of halogens is 4. The van der Waals surface area contributed by atoms with Gasteiger partial charge in [0.15, 0.2) is 5.96 Å². The quantitative estimate of drug-likeness (QED) is 0.308. The first-order valence-electron chi connectivity index (χ1n) is 9.41. The van der Waals surface area contributed by atoms with Gasteiger partial charge in [0.1, 0.15) is 11.6 Å². The van der Waals surface area contributed by atoms with Gasteiger partial charge in [0.05, 0.1) is 13.2 Å². The first-order valence-corrected chi connectivity index (χ1v) is 9.41. The Morgan fingerprint density at radius 1 is 1.24 bits per heavy atom. The monoisotopic (exact) mass is 530 g/mol. The van der Waals surface area contributed by atoms with Gasteiger partial charge in [0.2, 0.25) is 0 Å². The Morgan fingerprint density at radius 3 is 2.52 bits per heavy atom. The zero-order valence-corrected chi connectivity index (χ0v) is 19.3. The fourth-order valence-electron chi connectivity index (χ4n) is 3.21. The lowest BCUT2D eigenvalue weighted by Crippen LogP contribution is -2.52. The van der Waals surface area contributed by atoms with Crippen LogP contribution in [0.2, 0.25) is 0 Å². The molecule has 1 aliphatic rings. The van der Waals surface area contributed by atoms with Crippen LogP contribution in [-0.4, -0.2) is 63.4 Å². The Kier molecular flexibility index (Phi) is 11.7. The highest BCUT2D eigenvalue weighted by Gasteiger charge is 2.24. The number of morpholine rings is 1. The maximum Gasteiger partial charge on any atom is 0.387 e. The van der Waals surface area contributed by atoms with E-state index < -0.39 is 12.4 Å². The minimum atomic E-state index is -3.02. The SMILES string of the molecule is CN=C(NCc1c(F)cccc1OC(F)F)NCC(C(C)C)N1CCOCC1.I. The van der Waals surface area contributed by atoms with Crippen LogP contribution in [0.1, 0.15) is 19.4 Å². The number of hydrogen-bond donors (Lipinski definition) is 2. The molecule has 1 aliphatic heterocycles. The molecule has 1 saturated heterocycles. The van der Waals surface area contributed by atoms with E-state index in [2.05, 4.69) is 39.1 Å². The van der Waals surface area contributed by atoms with Crippen LogP contribution in [0.25, 0.3) is 0 Å². The van der Waals surface area contributed by atoms with Crippen molar-refractivity contribution >= 4 is 29.9 Å². The normalized spacial score (nSPS) is 16.5. The second kappa shape index (κ2) is 13.1. The second-order valence-electron chi connectivity index (χ2n) is 6.86. The number of nitrogens with one attached hydrogen (secondary N) is 2. The van der Waals surface area contributed by atoms with Gasteiger partial charge in [0.25, 0.3) is 0 Å². The van der Waals surface area contributed by atoms with Gasteiger partial charge in [-0.25, -0.2) is 4.39 Å². The molecule has 1 fully saturated rings. The Bertz CT molecular complexity index is 644. The molecule has 1 atom stereocenters. The van der Waals surface area contributed by atoms with Gasteiger partial charge in [-0.05, 0) is 18.1 Å². The fraction of sp³-hybridized carbons (Fsp3) is 0.632. The highest BCUT2D eigenvalue weighted by molar-refractivity contribution is 14.0. The predicted molar refractivity (Wildman–Crippen MR) is 118 cm³/mol. The van der Waals surface area contributed by atoms with Gasteiger partial charge in [-0.1, -0.05) is 19.9 Å². The number of alkyl halides is 2. The molecule has 2 N–H and O–H groups in total. The summed E-state index contributed by atoms with van der Waals surface area (Å²) in [5.74, 6) is 0.0762. The molecule has 0 amide bonds. The van der Waals surface area contributed by atoms with E-state index >= 15 is 0 Å². The molecule has 6 nitrogen and oxygen atoms in total. The van der Waals surface area contributed by atoms with Crippen molar-refractivity contribution in [3.05, 3.63) is 29.6 Å². The van der Waals surface area contributed by atoms with E-state index in [-0.39, 0.29) is 47.9 Å². The Labute approximate surface area is 187 Å². The van der Waals surface area contributed by atoms with Crippen LogP contribution in [0.4, 0.5) is 13.2 Å². The zero-order valence-electron chi connectivity index (χ0n) is 17.0. The zero-order chi connectivity index (χ0) is 20.5. The highest BCUT2D eigenvalue weighted by atomic mass is 127. The maximum atomic E-state index is 14.1. The average molecular weight is 530 g/mol. The first-order chi connectivity index (χ1) is 13.4. The Morgan fingerprint density at radius 2 is 1.93 bits per heavy atom. The number of ether oxygens (including phenoxy) is 2. The number of rotatable bonds is 8. The van der Waals surface area contributed by atoms with Crippen molar-refractivity contribution < 1.29 is 22.6 Å². The first kappa shape index (κ1) is 25.8. The summed E-state index contributed by atoms with van der Waals surface area (Å²) in [5, 5.41) is 6.21. The molecule has 0 saturated carbocycles. The molecule has 1 aromatic carbocycles. The largest absolute Gasteiger partial charge is 0.434 e. The van der Waals surface area contributed by atoms with E-state index in [0.717, 1.165) is 26.3 Å². The third-order valence-electron chi connectivity index (χ3n) is 4.71. The summed E-state index contributed by atoms with van der Waals surface area (Å²) in [6.45, 7) is 5.11. The van der Waals surface area contributed by atoms with E-state index in [1.165, 1.54) is 18.2 Å². The molecule has 0 radical (unpaired) electrons. The van der Waals surface area contributed by atoms with Crippen LogP contribution in [0.15, 0.2) is 23.2 Å². The predicted octanol–water partition coefficient (Wildman–Crippen LogP) is 3.07. The molecule has 1 unspecified atom stereocenters. The summed E-state index contributed by atoms with van der Waals surface area (Å²) >= 11 is 0. The summed E-state index contributed by atoms with van der Waals surface area (Å²) < 4.78 is 49.0. The number of benzene rings is 1. The average Bonchev–Trinajstić information content (AvgIpc) is 2.66. The van der Waals surface area contributed by atoms with Crippen LogP contribution in [0.5, 0.6) is 5.75 Å². The molecule has 1 aromatic rings. The number of guanidine groups is 1. The molecule has 2 rings (SSSR count). The van der Waals surface area contributed by atoms with Crippen LogP contribution >= 0.6 is 24.0 Å². The smallest absolute Gasteiger partial charge is 0.387 e. The molecule has 1 heterocycles. The number of aliphatic imine (C=N–C) groups is 1. The second-order valence-corrected chi connectivity index (χ2v) is 6.86. The third kappa shape index (κ3) is 8.17. The topological polar surface area (TPSA) is 58.1 Å². The van der Waals surface area contributed by atoms with E-state index in [1.807, 2.05) is 0 Å². The minimum Gasteiger partial charge on any atom is -0.434 e. The third-order valence-corrected chi connectivity index (χ3v) is 4.71. The molecule has 10 heteroatoms.